The van der Waals surface area contributed by atoms with Crippen LogP contribution in [0.2, 0.25) is 0 Å². The molecule has 0 unspecified atom stereocenters. The molecule has 0 fully saturated rings. The van der Waals surface area contributed by atoms with Crippen LogP contribution in [0, 0.1) is 0 Å². The van der Waals surface area contributed by atoms with Gasteiger partial charge >= 0.3 is 0 Å². The summed E-state index contributed by atoms with van der Waals surface area (Å²) in [5.41, 5.74) is 20.2. The third-order valence-corrected chi connectivity index (χ3v) is 11.3. The van der Waals surface area contributed by atoms with Crippen molar-refractivity contribution in [3.8, 4) is 0 Å². The van der Waals surface area contributed by atoms with Crippen molar-refractivity contribution < 1.29 is 0 Å². The molecule has 240 valence electrons. The smallest absolute Gasteiger partial charge is 0.252 e. The van der Waals surface area contributed by atoms with Crippen LogP contribution in [0.3, 0.4) is 0 Å². The van der Waals surface area contributed by atoms with E-state index in [9.17, 15) is 0 Å². The van der Waals surface area contributed by atoms with Crippen LogP contribution in [0.15, 0.2) is 97.1 Å². The fraction of sp³-hybridized carbons (Fsp3) is 0.318. The lowest BCUT2D eigenvalue weighted by Crippen LogP contribution is -2.63. The normalized spacial score (nSPS) is 15.9. The highest BCUT2D eigenvalue weighted by molar-refractivity contribution is 7.00. The molecule has 0 saturated heterocycles. The Labute approximate surface area is 287 Å². The van der Waals surface area contributed by atoms with Gasteiger partial charge in [0.25, 0.3) is 6.71 Å². The highest BCUT2D eigenvalue weighted by Gasteiger charge is 2.46. The maximum absolute atomic E-state index is 2.72. The van der Waals surface area contributed by atoms with E-state index in [2.05, 4.69) is 153 Å². The molecule has 0 radical (unpaired) electrons. The van der Waals surface area contributed by atoms with Crippen molar-refractivity contribution in [2.45, 2.75) is 78.1 Å². The Balaban J connectivity index is 1.38. The Hall–Kier alpha value is -4.44. The highest BCUT2D eigenvalue weighted by atomic mass is 15.2. The molecular formula is C44H46BN3. The van der Waals surface area contributed by atoms with Crippen LogP contribution in [0.4, 0.5) is 39.8 Å². The second-order valence-corrected chi connectivity index (χ2v) is 16.4. The summed E-state index contributed by atoms with van der Waals surface area (Å²) in [4.78, 5) is 7.90. The van der Waals surface area contributed by atoms with Gasteiger partial charge in [-0.15, -0.1) is 0 Å². The molecule has 0 aromatic heterocycles. The first-order chi connectivity index (χ1) is 23.1. The van der Waals surface area contributed by atoms with Gasteiger partial charge in [0.1, 0.15) is 0 Å². The maximum Gasteiger partial charge on any atom is 0.252 e. The molecule has 5 aromatic carbocycles. The van der Waals surface area contributed by atoms with Crippen molar-refractivity contribution in [1.29, 1.82) is 0 Å². The summed E-state index contributed by atoms with van der Waals surface area (Å²) in [5.74, 6) is 0. The average molecular weight is 628 g/mol. The van der Waals surface area contributed by atoms with E-state index in [1.54, 1.807) is 11.1 Å². The first-order valence-electron chi connectivity index (χ1n) is 18.1. The topological polar surface area (TPSA) is 9.72 Å². The number of benzene rings is 5. The summed E-state index contributed by atoms with van der Waals surface area (Å²) < 4.78 is 0. The van der Waals surface area contributed by atoms with Crippen molar-refractivity contribution in [3.05, 3.63) is 119 Å². The molecule has 9 rings (SSSR count). The van der Waals surface area contributed by atoms with E-state index >= 15 is 0 Å². The largest absolute Gasteiger partial charge is 0.342 e. The molecule has 0 atom stereocenters. The third kappa shape index (κ3) is 4.34. The van der Waals surface area contributed by atoms with E-state index in [-0.39, 0.29) is 17.5 Å². The Morgan fingerprint density at radius 3 is 1.40 bits per heavy atom. The van der Waals surface area contributed by atoms with Gasteiger partial charge in [-0.3, -0.25) is 0 Å². The lowest BCUT2D eigenvalue weighted by atomic mass is 9.32. The molecule has 0 spiro atoms. The number of hydrogen-bond acceptors (Lipinski definition) is 3. The minimum absolute atomic E-state index is 0.0922. The summed E-state index contributed by atoms with van der Waals surface area (Å²) in [6, 6.07) is 36.9. The zero-order valence-electron chi connectivity index (χ0n) is 29.4. The van der Waals surface area contributed by atoms with E-state index in [0.717, 1.165) is 25.9 Å². The molecule has 48 heavy (non-hydrogen) atoms. The maximum atomic E-state index is 2.72. The van der Waals surface area contributed by atoms with Crippen LogP contribution in [-0.4, -0.2) is 19.8 Å². The van der Waals surface area contributed by atoms with E-state index in [1.165, 1.54) is 80.2 Å². The van der Waals surface area contributed by atoms with Gasteiger partial charge in [0.15, 0.2) is 0 Å². The zero-order valence-corrected chi connectivity index (χ0v) is 29.4. The predicted molar refractivity (Wildman–Crippen MR) is 207 cm³/mol. The summed E-state index contributed by atoms with van der Waals surface area (Å²) in [6.45, 7) is 16.6. The monoisotopic (exact) mass is 627 g/mol. The lowest BCUT2D eigenvalue weighted by Gasteiger charge is -2.49. The van der Waals surface area contributed by atoms with Gasteiger partial charge < -0.3 is 14.7 Å². The quantitative estimate of drug-likeness (QED) is 0.185. The zero-order chi connectivity index (χ0) is 32.9. The third-order valence-electron chi connectivity index (χ3n) is 11.3. The SMILES string of the molecule is CC(C)(C)c1ccc2c3c1CCCN3c1cc(N(c3ccccc3)c3ccccc3)cc3c1B2c1ccc(C(C)(C)C)c2c1N3CCC2. The Kier molecular flexibility index (Phi) is 6.51. The average Bonchev–Trinajstić information content (AvgIpc) is 3.08. The molecule has 3 nitrogen and oxygen atoms in total. The van der Waals surface area contributed by atoms with E-state index in [0.29, 0.717) is 0 Å². The molecule has 0 aliphatic carbocycles. The summed E-state index contributed by atoms with van der Waals surface area (Å²) in [7, 11) is 0. The number of fused-ring (bicyclic) bond motifs is 4. The lowest BCUT2D eigenvalue weighted by molar-refractivity contribution is 0.577. The molecule has 0 N–H and O–H groups in total. The summed E-state index contributed by atoms with van der Waals surface area (Å²) >= 11 is 0. The number of rotatable bonds is 3. The van der Waals surface area contributed by atoms with Crippen molar-refractivity contribution >= 4 is 62.9 Å². The Morgan fingerprint density at radius 2 is 0.979 bits per heavy atom. The minimum atomic E-state index is 0.0922. The number of nitrogens with zero attached hydrogens (tertiary/aromatic N) is 3. The first kappa shape index (κ1) is 29.7. The van der Waals surface area contributed by atoms with Crippen molar-refractivity contribution in [2.24, 2.45) is 0 Å². The van der Waals surface area contributed by atoms with Gasteiger partial charge in [-0.1, -0.05) is 102 Å². The van der Waals surface area contributed by atoms with Crippen LogP contribution in [0.1, 0.15) is 76.6 Å². The van der Waals surface area contributed by atoms with Crippen molar-refractivity contribution in [2.75, 3.05) is 27.8 Å². The van der Waals surface area contributed by atoms with Crippen molar-refractivity contribution in [1.82, 2.24) is 0 Å². The molecule has 0 bridgehead atoms. The van der Waals surface area contributed by atoms with E-state index < -0.39 is 0 Å². The number of hydrogen-bond donors (Lipinski definition) is 0. The molecule has 0 saturated carbocycles. The molecular weight excluding hydrogens is 581 g/mol. The van der Waals surface area contributed by atoms with E-state index in [4.69, 9.17) is 0 Å². The molecule has 4 heteroatoms. The molecule has 5 aromatic rings. The first-order valence-corrected chi connectivity index (χ1v) is 18.1. The molecule has 4 aliphatic rings. The summed E-state index contributed by atoms with van der Waals surface area (Å²) in [6.07, 6.45) is 4.63. The fourth-order valence-electron chi connectivity index (χ4n) is 9.42. The van der Waals surface area contributed by atoms with Crippen LogP contribution in [0.5, 0.6) is 0 Å². The molecule has 4 aliphatic heterocycles. The van der Waals surface area contributed by atoms with E-state index in [1.807, 2.05) is 0 Å². The van der Waals surface area contributed by atoms with Crippen molar-refractivity contribution in [3.63, 3.8) is 0 Å². The van der Waals surface area contributed by atoms with Gasteiger partial charge in [0.2, 0.25) is 0 Å². The minimum Gasteiger partial charge on any atom is -0.342 e. The number of anilines is 7. The molecule has 0 amide bonds. The van der Waals surface area contributed by atoms with Crippen LogP contribution in [0.25, 0.3) is 0 Å². The van der Waals surface area contributed by atoms with Gasteiger partial charge in [0, 0.05) is 47.2 Å². The second-order valence-electron chi connectivity index (χ2n) is 16.4. The Morgan fingerprint density at radius 1 is 0.542 bits per heavy atom. The van der Waals surface area contributed by atoms with Gasteiger partial charge in [-0.05, 0) is 112 Å². The predicted octanol–water partition coefficient (Wildman–Crippen LogP) is 9.06. The second kappa shape index (κ2) is 10.5. The Bertz CT molecular complexity index is 1930. The molecule has 4 heterocycles. The summed E-state index contributed by atoms with van der Waals surface area (Å²) in [5, 5.41) is 0. The van der Waals surface area contributed by atoms with Gasteiger partial charge in [-0.2, -0.15) is 0 Å². The highest BCUT2D eigenvalue weighted by Crippen LogP contribution is 2.49. The van der Waals surface area contributed by atoms with Crippen LogP contribution >= 0.6 is 0 Å². The fourth-order valence-corrected chi connectivity index (χ4v) is 9.42. The van der Waals surface area contributed by atoms with Crippen LogP contribution < -0.4 is 31.1 Å². The van der Waals surface area contributed by atoms with Gasteiger partial charge in [-0.25, -0.2) is 0 Å². The number of para-hydroxylation sites is 2. The standard InChI is InChI=1S/C44H46BN3/c1-43(2,3)34-21-23-36-41-32(34)19-13-25-46(41)38-27-31(48(29-15-9-7-10-16-29)30-17-11-8-12-18-30)28-39-40(38)45(36)37-24-22-35(44(4,5)6)33-20-14-26-47(39)42(33)37/h7-12,15-18,21-24,27-28H,13-14,19-20,25-26H2,1-6H3. The van der Waals surface area contributed by atoms with Gasteiger partial charge in [0.05, 0.1) is 5.69 Å². The van der Waals surface area contributed by atoms with Crippen LogP contribution in [-0.2, 0) is 23.7 Å².